The van der Waals surface area contributed by atoms with E-state index in [0.717, 1.165) is 11.3 Å². The highest BCUT2D eigenvalue weighted by atomic mass is 32.1. The molecule has 2 unspecified atom stereocenters. The second-order valence-corrected chi connectivity index (χ2v) is 8.17. The van der Waals surface area contributed by atoms with Crippen LogP contribution in [-0.2, 0) is 0 Å². The number of rotatable bonds is 3. The summed E-state index contributed by atoms with van der Waals surface area (Å²) in [6.45, 7) is -0.944. The summed E-state index contributed by atoms with van der Waals surface area (Å²) in [5, 5.41) is 0. The molecule has 5 nitrogen and oxygen atoms in total. The van der Waals surface area contributed by atoms with Crippen molar-refractivity contribution in [3.63, 3.8) is 0 Å². The lowest BCUT2D eigenvalue weighted by Crippen LogP contribution is -2.49. The molecule has 29 heavy (non-hydrogen) atoms. The Morgan fingerprint density at radius 1 is 1.28 bits per heavy atom. The maximum atomic E-state index is 13.2. The third-order valence-electron chi connectivity index (χ3n) is 5.06. The van der Waals surface area contributed by atoms with Gasteiger partial charge in [0.15, 0.2) is 4.80 Å². The highest BCUT2D eigenvalue weighted by molar-refractivity contribution is 7.07. The first kappa shape index (κ1) is 18.1. The minimum Gasteiger partial charge on any atom is -0.466 e. The standard InChI is InChI=1S/C21H16F2N2O3S/c1-21-11-15(14-4-2-3-5-16(14)28-21)25-18(26)17(29-20(25)24-21)10-12-6-8-13(9-7-12)27-19(22)23/h2-10,15,19H,11H2,1H3/b17-10+. The Kier molecular flexibility index (Phi) is 4.06. The SMILES string of the molecule is CC12CC(c3ccccc3O1)n1c(s/c(=C/c3ccc(OC(F)F)cc3)c1=O)=N2. The van der Waals surface area contributed by atoms with Crippen molar-refractivity contribution < 1.29 is 18.3 Å². The van der Waals surface area contributed by atoms with Crippen LogP contribution in [0, 0.1) is 0 Å². The summed E-state index contributed by atoms with van der Waals surface area (Å²) in [6.07, 6.45) is 2.33. The number of alkyl halides is 2. The molecular weight excluding hydrogens is 398 g/mol. The molecule has 2 aliphatic heterocycles. The Labute approximate surface area is 168 Å². The van der Waals surface area contributed by atoms with E-state index >= 15 is 0 Å². The molecule has 0 spiro atoms. The van der Waals surface area contributed by atoms with Crippen LogP contribution in [0.15, 0.2) is 58.3 Å². The average Bonchev–Trinajstić information content (AvgIpc) is 2.97. The van der Waals surface area contributed by atoms with Gasteiger partial charge in [-0.15, -0.1) is 0 Å². The molecule has 3 aromatic rings. The van der Waals surface area contributed by atoms with Crippen molar-refractivity contribution in [2.24, 2.45) is 4.99 Å². The Balaban J connectivity index is 1.61. The molecule has 0 aliphatic carbocycles. The maximum absolute atomic E-state index is 13.2. The van der Waals surface area contributed by atoms with E-state index in [-0.39, 0.29) is 17.4 Å². The van der Waals surface area contributed by atoms with E-state index in [9.17, 15) is 13.6 Å². The van der Waals surface area contributed by atoms with Gasteiger partial charge in [-0.25, -0.2) is 4.99 Å². The van der Waals surface area contributed by atoms with E-state index in [1.165, 1.54) is 23.5 Å². The molecular formula is C21H16F2N2O3S. The molecule has 2 atom stereocenters. The largest absolute Gasteiger partial charge is 0.466 e. The van der Waals surface area contributed by atoms with Gasteiger partial charge in [-0.05, 0) is 36.8 Å². The molecule has 0 N–H and O–H groups in total. The van der Waals surface area contributed by atoms with Gasteiger partial charge in [0.1, 0.15) is 11.5 Å². The van der Waals surface area contributed by atoms with Crippen LogP contribution in [-0.4, -0.2) is 16.9 Å². The molecule has 2 aromatic carbocycles. The molecule has 2 bridgehead atoms. The fourth-order valence-electron chi connectivity index (χ4n) is 3.83. The molecule has 2 aliphatic rings. The lowest BCUT2D eigenvalue weighted by atomic mass is 9.93. The molecule has 0 amide bonds. The molecule has 3 heterocycles. The molecule has 0 fully saturated rings. The minimum absolute atomic E-state index is 0.0739. The molecule has 1 aromatic heterocycles. The van der Waals surface area contributed by atoms with Gasteiger partial charge in [0, 0.05) is 12.0 Å². The number of fused-ring (bicyclic) bond motifs is 6. The van der Waals surface area contributed by atoms with Gasteiger partial charge in [-0.3, -0.25) is 9.36 Å². The molecule has 0 saturated heterocycles. The Morgan fingerprint density at radius 2 is 2.03 bits per heavy atom. The fraction of sp³-hybridized carbons (Fsp3) is 0.238. The van der Waals surface area contributed by atoms with E-state index in [1.54, 1.807) is 22.8 Å². The van der Waals surface area contributed by atoms with Crippen molar-refractivity contribution >= 4 is 17.4 Å². The summed E-state index contributed by atoms with van der Waals surface area (Å²) < 4.78 is 37.3. The number of aromatic nitrogens is 1. The van der Waals surface area contributed by atoms with Gasteiger partial charge in [0.2, 0.25) is 5.72 Å². The average molecular weight is 414 g/mol. The van der Waals surface area contributed by atoms with E-state index < -0.39 is 12.3 Å². The van der Waals surface area contributed by atoms with Crippen LogP contribution in [0.25, 0.3) is 6.08 Å². The van der Waals surface area contributed by atoms with Crippen LogP contribution in [0.4, 0.5) is 8.78 Å². The summed E-state index contributed by atoms with van der Waals surface area (Å²) >= 11 is 1.30. The highest BCUT2D eigenvalue weighted by Crippen LogP contribution is 2.42. The van der Waals surface area contributed by atoms with Crippen LogP contribution in [0.3, 0.4) is 0 Å². The molecule has 8 heteroatoms. The van der Waals surface area contributed by atoms with Crippen molar-refractivity contribution in [3.8, 4) is 11.5 Å². The van der Waals surface area contributed by atoms with Crippen molar-refractivity contribution in [1.82, 2.24) is 4.57 Å². The Bertz CT molecular complexity index is 1270. The number of nitrogens with zero attached hydrogens (tertiary/aromatic N) is 2. The van der Waals surface area contributed by atoms with Crippen LogP contribution < -0.4 is 24.4 Å². The third-order valence-corrected chi connectivity index (χ3v) is 6.05. The van der Waals surface area contributed by atoms with Gasteiger partial charge in [0.25, 0.3) is 5.56 Å². The minimum atomic E-state index is -2.87. The Hall–Kier alpha value is -3.00. The second-order valence-electron chi connectivity index (χ2n) is 7.16. The molecule has 0 saturated carbocycles. The molecule has 0 radical (unpaired) electrons. The van der Waals surface area contributed by atoms with E-state index in [1.807, 2.05) is 31.2 Å². The topological polar surface area (TPSA) is 52.8 Å². The predicted molar refractivity (Wildman–Crippen MR) is 104 cm³/mol. The highest BCUT2D eigenvalue weighted by Gasteiger charge is 2.42. The third kappa shape index (κ3) is 3.13. The summed E-state index contributed by atoms with van der Waals surface area (Å²) in [6, 6.07) is 13.7. The number of hydrogen-bond donors (Lipinski definition) is 0. The number of benzene rings is 2. The zero-order chi connectivity index (χ0) is 20.2. The number of thiazole rings is 1. The summed E-state index contributed by atoms with van der Waals surface area (Å²) in [5.41, 5.74) is 0.863. The fourth-order valence-corrected chi connectivity index (χ4v) is 4.96. The van der Waals surface area contributed by atoms with Crippen LogP contribution in [0.5, 0.6) is 11.5 Å². The maximum Gasteiger partial charge on any atom is 0.387 e. The monoisotopic (exact) mass is 414 g/mol. The van der Waals surface area contributed by atoms with Crippen molar-refractivity contribution in [2.75, 3.05) is 0 Å². The lowest BCUT2D eigenvalue weighted by molar-refractivity contribution is -0.0498. The van der Waals surface area contributed by atoms with Crippen LogP contribution in [0.1, 0.15) is 30.5 Å². The van der Waals surface area contributed by atoms with Gasteiger partial charge >= 0.3 is 6.61 Å². The van der Waals surface area contributed by atoms with E-state index in [4.69, 9.17) is 9.73 Å². The quantitative estimate of drug-likeness (QED) is 0.662. The van der Waals surface area contributed by atoms with Crippen LogP contribution >= 0.6 is 11.3 Å². The lowest BCUT2D eigenvalue weighted by Gasteiger charge is -2.39. The number of hydrogen-bond acceptors (Lipinski definition) is 5. The van der Waals surface area contributed by atoms with Gasteiger partial charge in [-0.1, -0.05) is 41.7 Å². The van der Waals surface area contributed by atoms with Gasteiger partial charge in [0.05, 0.1) is 10.6 Å². The van der Waals surface area contributed by atoms with Crippen molar-refractivity contribution in [2.45, 2.75) is 31.7 Å². The summed E-state index contributed by atoms with van der Waals surface area (Å²) in [4.78, 5) is 18.5. The predicted octanol–water partition coefficient (Wildman–Crippen LogP) is 3.06. The number of ether oxygens (including phenoxy) is 2. The molecule has 148 valence electrons. The number of halogens is 2. The first-order valence-electron chi connectivity index (χ1n) is 9.08. The summed E-state index contributed by atoms with van der Waals surface area (Å²) in [5.74, 6) is 0.823. The van der Waals surface area contributed by atoms with Gasteiger partial charge in [-0.2, -0.15) is 8.78 Å². The second kappa shape index (κ2) is 6.52. The first-order valence-corrected chi connectivity index (χ1v) is 9.89. The normalized spacial score (nSPS) is 22.5. The van der Waals surface area contributed by atoms with Crippen molar-refractivity contribution in [1.29, 1.82) is 0 Å². The smallest absolute Gasteiger partial charge is 0.387 e. The summed E-state index contributed by atoms with van der Waals surface area (Å²) in [7, 11) is 0. The zero-order valence-electron chi connectivity index (χ0n) is 15.3. The van der Waals surface area contributed by atoms with Crippen LogP contribution in [0.2, 0.25) is 0 Å². The van der Waals surface area contributed by atoms with Gasteiger partial charge < -0.3 is 9.47 Å². The first-order chi connectivity index (χ1) is 13.9. The zero-order valence-corrected chi connectivity index (χ0v) is 16.2. The Morgan fingerprint density at radius 3 is 2.79 bits per heavy atom. The number of para-hydroxylation sites is 1. The van der Waals surface area contributed by atoms with E-state index in [0.29, 0.717) is 21.3 Å². The van der Waals surface area contributed by atoms with E-state index in [2.05, 4.69) is 4.74 Å². The molecule has 5 rings (SSSR count). The van der Waals surface area contributed by atoms with Crippen molar-refractivity contribution in [3.05, 3.63) is 79.3 Å².